The Morgan fingerprint density at radius 2 is 1.48 bits per heavy atom. The first kappa shape index (κ1) is 18.7. The molecule has 0 atom stereocenters. The van der Waals surface area contributed by atoms with Crippen molar-refractivity contribution in [3.63, 3.8) is 0 Å². The molecule has 25 heavy (non-hydrogen) atoms. The molecule has 0 saturated carbocycles. The first-order valence-corrected chi connectivity index (χ1v) is 9.48. The van der Waals surface area contributed by atoms with E-state index < -0.39 is 9.84 Å². The van der Waals surface area contributed by atoms with Crippen LogP contribution in [0.4, 0.5) is 0 Å². The van der Waals surface area contributed by atoms with Crippen molar-refractivity contribution in [1.29, 1.82) is 0 Å². The van der Waals surface area contributed by atoms with Gasteiger partial charge in [0.05, 0.1) is 4.90 Å². The number of nitrogens with one attached hydrogen (secondary N) is 1. The molecular formula is C18H20N2O4S. The number of amides is 2. The van der Waals surface area contributed by atoms with E-state index in [1.54, 1.807) is 38.4 Å². The maximum Gasteiger partial charge on any atom is 0.253 e. The molecule has 0 saturated heterocycles. The summed E-state index contributed by atoms with van der Waals surface area (Å²) < 4.78 is 22.9. The highest BCUT2D eigenvalue weighted by Gasteiger charge is 2.14. The summed E-state index contributed by atoms with van der Waals surface area (Å²) in [7, 11) is -0.0517. The van der Waals surface area contributed by atoms with Crippen LogP contribution in [-0.4, -0.2) is 45.5 Å². The smallest absolute Gasteiger partial charge is 0.253 e. The topological polar surface area (TPSA) is 83.6 Å². The van der Waals surface area contributed by atoms with Gasteiger partial charge in [-0.05, 0) is 42.0 Å². The second-order valence-corrected chi connectivity index (χ2v) is 7.75. The van der Waals surface area contributed by atoms with E-state index in [9.17, 15) is 18.0 Å². The van der Waals surface area contributed by atoms with Gasteiger partial charge in [-0.1, -0.05) is 12.1 Å². The minimum Gasteiger partial charge on any atom is -0.355 e. The molecule has 6 nitrogen and oxygen atoms in total. The van der Waals surface area contributed by atoms with Crippen LogP contribution in [0.3, 0.4) is 0 Å². The maximum absolute atomic E-state index is 12.4. The molecule has 132 valence electrons. The Bertz CT molecular complexity index is 872. The van der Waals surface area contributed by atoms with Gasteiger partial charge in [-0.2, -0.15) is 0 Å². The monoisotopic (exact) mass is 360 g/mol. The molecule has 2 rings (SSSR count). The minimum atomic E-state index is -3.29. The average molecular weight is 360 g/mol. The first-order chi connectivity index (χ1) is 11.7. The van der Waals surface area contributed by atoms with Crippen LogP contribution >= 0.6 is 0 Å². The van der Waals surface area contributed by atoms with Gasteiger partial charge in [-0.15, -0.1) is 0 Å². The lowest BCUT2D eigenvalue weighted by Gasteiger charge is -2.17. The van der Waals surface area contributed by atoms with Crippen LogP contribution in [0.2, 0.25) is 0 Å². The van der Waals surface area contributed by atoms with E-state index in [1.165, 1.54) is 29.2 Å². The molecule has 2 amide bonds. The molecule has 2 aromatic carbocycles. The van der Waals surface area contributed by atoms with E-state index in [4.69, 9.17) is 0 Å². The normalized spacial score (nSPS) is 11.0. The molecule has 0 bridgehead atoms. The number of rotatable bonds is 5. The van der Waals surface area contributed by atoms with Crippen molar-refractivity contribution in [1.82, 2.24) is 10.2 Å². The van der Waals surface area contributed by atoms with E-state index in [2.05, 4.69) is 5.32 Å². The third-order valence-corrected chi connectivity index (χ3v) is 4.87. The van der Waals surface area contributed by atoms with Gasteiger partial charge in [0.2, 0.25) is 0 Å². The van der Waals surface area contributed by atoms with E-state index in [0.29, 0.717) is 17.7 Å². The highest BCUT2D eigenvalue weighted by Crippen LogP contribution is 2.13. The Morgan fingerprint density at radius 3 is 1.96 bits per heavy atom. The lowest BCUT2D eigenvalue weighted by Crippen LogP contribution is -2.26. The second-order valence-electron chi connectivity index (χ2n) is 5.73. The molecule has 0 spiro atoms. The van der Waals surface area contributed by atoms with Gasteiger partial charge in [0.15, 0.2) is 9.84 Å². The third-order valence-electron chi connectivity index (χ3n) is 3.74. The molecule has 0 unspecified atom stereocenters. The van der Waals surface area contributed by atoms with Crippen molar-refractivity contribution >= 4 is 21.7 Å². The molecule has 7 heteroatoms. The molecule has 0 radical (unpaired) electrons. The van der Waals surface area contributed by atoms with Crippen LogP contribution in [0.25, 0.3) is 0 Å². The number of hydrogen-bond donors (Lipinski definition) is 1. The third kappa shape index (κ3) is 4.67. The molecule has 0 aliphatic carbocycles. The largest absolute Gasteiger partial charge is 0.355 e. The fourth-order valence-corrected chi connectivity index (χ4v) is 2.95. The highest BCUT2D eigenvalue weighted by atomic mass is 32.2. The van der Waals surface area contributed by atoms with E-state index in [-0.39, 0.29) is 16.7 Å². The zero-order valence-electron chi connectivity index (χ0n) is 14.3. The summed E-state index contributed by atoms with van der Waals surface area (Å²) >= 11 is 0. The Kier molecular flexibility index (Phi) is 5.58. The SMILES string of the molecule is CNC(=O)c1ccc(CN(C)C(=O)c2ccc(S(C)(=O)=O)cc2)cc1. The predicted octanol–water partition coefficient (Wildman–Crippen LogP) is 1.72. The number of benzene rings is 2. The van der Waals surface area contributed by atoms with Gasteiger partial charge in [0, 0.05) is 38.0 Å². The van der Waals surface area contributed by atoms with E-state index >= 15 is 0 Å². The number of hydrogen-bond acceptors (Lipinski definition) is 4. The summed E-state index contributed by atoms with van der Waals surface area (Å²) in [6.07, 6.45) is 1.12. The fraction of sp³-hybridized carbons (Fsp3) is 0.222. The van der Waals surface area contributed by atoms with Gasteiger partial charge >= 0.3 is 0 Å². The fourth-order valence-electron chi connectivity index (χ4n) is 2.32. The standard InChI is InChI=1S/C18H20N2O4S/c1-19-17(21)14-6-4-13(5-7-14)12-20(2)18(22)15-8-10-16(11-9-15)25(3,23)24/h4-11H,12H2,1-3H3,(H,19,21). The highest BCUT2D eigenvalue weighted by molar-refractivity contribution is 7.90. The molecular weight excluding hydrogens is 340 g/mol. The summed E-state index contributed by atoms with van der Waals surface area (Å²) in [6.45, 7) is 0.376. The van der Waals surface area contributed by atoms with Gasteiger partial charge in [0.25, 0.3) is 11.8 Å². The van der Waals surface area contributed by atoms with Crippen LogP contribution in [0, 0.1) is 0 Å². The summed E-state index contributed by atoms with van der Waals surface area (Å²) in [5, 5.41) is 2.55. The summed E-state index contributed by atoms with van der Waals surface area (Å²) in [5.74, 6) is -0.377. The van der Waals surface area contributed by atoms with Gasteiger partial charge in [0.1, 0.15) is 0 Å². The number of nitrogens with zero attached hydrogens (tertiary/aromatic N) is 1. The van der Waals surface area contributed by atoms with Crippen molar-refractivity contribution in [2.75, 3.05) is 20.4 Å². The number of carbonyl (C=O) groups excluding carboxylic acids is 2. The summed E-state index contributed by atoms with van der Waals surface area (Å²) in [6, 6.07) is 12.8. The average Bonchev–Trinajstić information content (AvgIpc) is 2.60. The molecule has 0 aliphatic rings. The maximum atomic E-state index is 12.4. The molecule has 0 heterocycles. The molecule has 2 aromatic rings. The lowest BCUT2D eigenvalue weighted by atomic mass is 10.1. The summed E-state index contributed by atoms with van der Waals surface area (Å²) in [4.78, 5) is 25.7. The van der Waals surface area contributed by atoms with Crippen molar-refractivity contribution in [2.45, 2.75) is 11.4 Å². The number of carbonyl (C=O) groups is 2. The van der Waals surface area contributed by atoms with E-state index in [1.807, 2.05) is 0 Å². The molecule has 0 aromatic heterocycles. The van der Waals surface area contributed by atoms with Gasteiger partial charge in [-0.25, -0.2) is 8.42 Å². The van der Waals surface area contributed by atoms with Crippen LogP contribution < -0.4 is 5.32 Å². The van der Waals surface area contributed by atoms with Crippen LogP contribution in [-0.2, 0) is 16.4 Å². The van der Waals surface area contributed by atoms with Crippen molar-refractivity contribution in [3.8, 4) is 0 Å². The molecule has 0 fully saturated rings. The minimum absolute atomic E-state index is 0.165. The summed E-state index contributed by atoms with van der Waals surface area (Å²) in [5.41, 5.74) is 1.85. The zero-order valence-corrected chi connectivity index (χ0v) is 15.1. The Morgan fingerprint density at radius 1 is 0.960 bits per heavy atom. The zero-order chi connectivity index (χ0) is 18.6. The van der Waals surface area contributed by atoms with Crippen molar-refractivity contribution in [2.24, 2.45) is 0 Å². The lowest BCUT2D eigenvalue weighted by molar-refractivity contribution is 0.0784. The van der Waals surface area contributed by atoms with Gasteiger partial charge in [-0.3, -0.25) is 9.59 Å². The number of sulfone groups is 1. The Labute approximate surface area is 147 Å². The van der Waals surface area contributed by atoms with Crippen molar-refractivity contribution < 1.29 is 18.0 Å². The first-order valence-electron chi connectivity index (χ1n) is 7.59. The van der Waals surface area contributed by atoms with Gasteiger partial charge < -0.3 is 10.2 Å². The second kappa shape index (κ2) is 7.48. The van der Waals surface area contributed by atoms with Crippen LogP contribution in [0.15, 0.2) is 53.4 Å². The van der Waals surface area contributed by atoms with E-state index in [0.717, 1.165) is 11.8 Å². The Hall–Kier alpha value is -2.67. The van der Waals surface area contributed by atoms with Crippen LogP contribution in [0.1, 0.15) is 26.3 Å². The quantitative estimate of drug-likeness (QED) is 0.880. The van der Waals surface area contributed by atoms with Crippen LogP contribution in [0.5, 0.6) is 0 Å². The Balaban J connectivity index is 2.08. The molecule has 0 aliphatic heterocycles. The van der Waals surface area contributed by atoms with Crippen molar-refractivity contribution in [3.05, 3.63) is 65.2 Å². The predicted molar refractivity (Wildman–Crippen MR) is 95.2 cm³/mol. The molecule has 1 N–H and O–H groups in total.